The van der Waals surface area contributed by atoms with Gasteiger partial charge in [0, 0.05) is 0 Å². The van der Waals surface area contributed by atoms with E-state index in [0.717, 1.165) is 0 Å². The Balaban J connectivity index is 2.40. The van der Waals surface area contributed by atoms with Crippen molar-refractivity contribution in [3.63, 3.8) is 0 Å². The first kappa shape index (κ1) is 4.65. The second kappa shape index (κ2) is 3.65. The molecule has 0 fully saturated rings. The summed E-state index contributed by atoms with van der Waals surface area (Å²) in [4.78, 5) is 8.57. The van der Waals surface area contributed by atoms with Crippen molar-refractivity contribution in [2.75, 3.05) is 0 Å². The standard InChI is InChI=1S/ClO4/c2-1-4-5-3/q+1. The van der Waals surface area contributed by atoms with Gasteiger partial charge >= 0.3 is 16.1 Å². The van der Waals surface area contributed by atoms with Crippen LogP contribution in [0, 0.1) is 21.0 Å². The van der Waals surface area contributed by atoms with E-state index in [-0.39, 0.29) is 11.3 Å². The fourth-order valence-electron chi connectivity index (χ4n) is 0.0105. The van der Waals surface area contributed by atoms with Gasteiger partial charge in [0.05, 0.1) is 0 Å². The van der Waals surface area contributed by atoms with Gasteiger partial charge in [-0.2, -0.15) is 0 Å². The first-order chi connectivity index (χ1) is 2.41. The Morgan fingerprint density at radius 2 is 2.60 bits per heavy atom. The molecular weight excluding hydrogens is 99.4 g/mol. The Labute approximate surface area is 31.3 Å². The van der Waals surface area contributed by atoms with Crippen LogP contribution in [0.5, 0.6) is 0 Å². The number of halogens is 1. The van der Waals surface area contributed by atoms with E-state index in [2.05, 4.69) is 9.19 Å². The SMILES string of the molecule is O=[O+]O[Cl+][O-]. The smallest absolute Gasteiger partial charge is 0.487 e. The molecule has 0 heterocycles. The van der Waals surface area contributed by atoms with Crippen molar-refractivity contribution < 1.29 is 20.4 Å². The summed E-state index contributed by atoms with van der Waals surface area (Å²) in [5.41, 5.74) is 0. The Morgan fingerprint density at radius 3 is 2.60 bits per heavy atom. The minimum atomic E-state index is -0.0112. The van der Waals surface area contributed by atoms with Gasteiger partial charge in [-0.05, 0) is 0 Å². The molecule has 0 N–H and O–H groups in total. The molecule has 5 heteroatoms. The third-order valence-electron chi connectivity index (χ3n) is 0.0514. The van der Waals surface area contributed by atoms with Gasteiger partial charge in [-0.3, -0.25) is 0 Å². The van der Waals surface area contributed by atoms with Crippen LogP contribution in [0.1, 0.15) is 0 Å². The number of hydrogen-bond donors (Lipinski definition) is 0. The summed E-state index contributed by atoms with van der Waals surface area (Å²) < 4.78 is 14.5. The van der Waals surface area contributed by atoms with Gasteiger partial charge in [0.25, 0.3) is 9.40 Å². The first-order valence-electron chi connectivity index (χ1n) is 0.642. The highest BCUT2D eigenvalue weighted by molar-refractivity contribution is 4.27. The lowest BCUT2D eigenvalue weighted by atomic mass is 14.8. The van der Waals surface area contributed by atoms with E-state index in [1.165, 1.54) is 0 Å². The largest absolute Gasteiger partial charge is 0.507 e. The van der Waals surface area contributed by atoms with Gasteiger partial charge in [-0.1, -0.05) is 0 Å². The molecule has 0 aromatic rings. The molecule has 0 saturated carbocycles. The van der Waals surface area contributed by atoms with Gasteiger partial charge in [0.2, 0.25) is 0 Å². The molecule has 4 nitrogen and oxygen atoms in total. The molecule has 0 saturated heterocycles. The van der Waals surface area contributed by atoms with E-state index in [4.69, 9.17) is 9.62 Å². The summed E-state index contributed by atoms with van der Waals surface area (Å²) in [6, 6.07) is 0. The van der Waals surface area contributed by atoms with Crippen molar-refractivity contribution in [1.82, 2.24) is 0 Å². The second-order valence-electron chi connectivity index (χ2n) is 0.194. The predicted octanol–water partition coefficient (Wildman–Crippen LogP) is -1.19. The van der Waals surface area contributed by atoms with E-state index in [1.54, 1.807) is 0 Å². The summed E-state index contributed by atoms with van der Waals surface area (Å²) in [5.74, 6) is 0. The molecule has 0 aromatic carbocycles. The van der Waals surface area contributed by atoms with E-state index in [0.29, 0.717) is 0 Å². The molecule has 0 spiro atoms. The molecular formula is ClO4+. The molecule has 0 atom stereocenters. The Bertz CT molecular complexity index is 24.8. The minimum absolute atomic E-state index is 0.0112. The zero-order valence-corrected chi connectivity index (χ0v) is 2.77. The van der Waals surface area contributed by atoms with E-state index in [9.17, 15) is 0 Å². The second-order valence-corrected chi connectivity index (χ2v) is 0.446. The normalized spacial score (nSPS) is 6.60. The highest BCUT2D eigenvalue weighted by Gasteiger charge is 1.99. The molecule has 30 valence electrons. The monoisotopic (exact) mass is 98.9 g/mol. The van der Waals surface area contributed by atoms with Crippen molar-refractivity contribution in [3.8, 4) is 0 Å². The molecule has 0 unspecified atom stereocenters. The van der Waals surface area contributed by atoms with Gasteiger partial charge < -0.3 is 4.66 Å². The van der Waals surface area contributed by atoms with Crippen LogP contribution in [0.3, 0.4) is 0 Å². The lowest BCUT2D eigenvalue weighted by Crippen LogP contribution is -1.99. The summed E-state index contributed by atoms with van der Waals surface area (Å²) in [7, 11) is 0. The molecule has 0 aromatic heterocycles. The summed E-state index contributed by atoms with van der Waals surface area (Å²) in [6.07, 6.45) is 0. The zero-order chi connectivity index (χ0) is 4.12. The maximum absolute atomic E-state index is 8.84. The van der Waals surface area contributed by atoms with Crippen molar-refractivity contribution in [3.05, 3.63) is 9.71 Å². The van der Waals surface area contributed by atoms with Crippen LogP contribution in [0.15, 0.2) is 0 Å². The summed E-state index contributed by atoms with van der Waals surface area (Å²) in [6.45, 7) is 0. The average molecular weight is 99.4 g/mol. The van der Waals surface area contributed by atoms with E-state index >= 15 is 0 Å². The third-order valence-corrected chi connectivity index (χ3v) is 0.154. The molecule has 0 radical (unpaired) electrons. The first-order valence-corrected chi connectivity index (χ1v) is 1.26. The Morgan fingerprint density at radius 1 is 2.00 bits per heavy atom. The predicted molar refractivity (Wildman–Crippen MR) is 7.82 cm³/mol. The van der Waals surface area contributed by atoms with Crippen LogP contribution in [0.25, 0.3) is 0 Å². The molecule has 0 rings (SSSR count). The van der Waals surface area contributed by atoms with E-state index in [1.807, 2.05) is 0 Å². The fraction of sp³-hybridized carbons (Fsp3) is 0. The molecule has 0 aliphatic carbocycles. The van der Waals surface area contributed by atoms with Crippen molar-refractivity contribution >= 4 is 0 Å². The lowest BCUT2D eigenvalue weighted by molar-refractivity contribution is -1.26. The van der Waals surface area contributed by atoms with Crippen LogP contribution in [-0.4, -0.2) is 0 Å². The van der Waals surface area contributed by atoms with Gasteiger partial charge in [-0.25, -0.2) is 0 Å². The van der Waals surface area contributed by atoms with Crippen LogP contribution in [0.4, 0.5) is 0 Å². The Kier molecular flexibility index (Phi) is 3.39. The van der Waals surface area contributed by atoms with Gasteiger partial charge in [0.15, 0.2) is 0 Å². The van der Waals surface area contributed by atoms with Gasteiger partial charge in [0.1, 0.15) is 0 Å². The maximum atomic E-state index is 8.84. The molecule has 0 aliphatic heterocycles. The van der Waals surface area contributed by atoms with Crippen LogP contribution >= 0.6 is 0 Å². The van der Waals surface area contributed by atoms with Gasteiger partial charge in [-0.15, -0.1) is 0 Å². The van der Waals surface area contributed by atoms with Crippen LogP contribution in [0.2, 0.25) is 0 Å². The average Bonchev–Trinajstić information content (AvgIpc) is 1.41. The third kappa shape index (κ3) is 3.65. The van der Waals surface area contributed by atoms with E-state index < -0.39 is 0 Å². The summed E-state index contributed by atoms with van der Waals surface area (Å²) >= 11 is -0.0112. The maximum Gasteiger partial charge on any atom is 0.507 e. The van der Waals surface area contributed by atoms with Crippen molar-refractivity contribution in [2.45, 2.75) is 0 Å². The number of rotatable bonds is 2. The molecule has 5 heavy (non-hydrogen) atoms. The zero-order valence-electron chi connectivity index (χ0n) is 2.01. The molecule has 0 amide bonds. The van der Waals surface area contributed by atoms with Crippen molar-refractivity contribution in [1.29, 1.82) is 0 Å². The molecule has 0 aliphatic rings. The lowest BCUT2D eigenvalue weighted by Gasteiger charge is -1.45. The van der Waals surface area contributed by atoms with Crippen LogP contribution in [-0.2, 0) is 4.44 Å². The highest BCUT2D eigenvalue weighted by Crippen LogP contribution is 1.58. The summed E-state index contributed by atoms with van der Waals surface area (Å²) in [5, 5.41) is 0. The van der Waals surface area contributed by atoms with Crippen LogP contribution < -0.4 is 4.66 Å². The Hall–Kier alpha value is -0.350. The molecule has 0 bridgehead atoms. The topological polar surface area (TPSA) is 60.7 Å². The quantitative estimate of drug-likeness (QED) is 0.248. The minimum Gasteiger partial charge on any atom is -0.487 e. The highest BCUT2D eigenvalue weighted by atomic mass is 35.6. The van der Waals surface area contributed by atoms with Crippen molar-refractivity contribution in [2.24, 2.45) is 0 Å². The number of hydrogen-bond acceptors (Lipinski definition) is 3. The fourth-order valence-corrected chi connectivity index (χ4v) is 0.0315.